The van der Waals surface area contributed by atoms with Crippen molar-refractivity contribution < 1.29 is 14.3 Å². The Morgan fingerprint density at radius 1 is 1.14 bits per heavy atom. The zero-order valence-electron chi connectivity index (χ0n) is 18.0. The van der Waals surface area contributed by atoms with Gasteiger partial charge in [0.25, 0.3) is 0 Å². The van der Waals surface area contributed by atoms with Crippen molar-refractivity contribution in [2.45, 2.75) is 83.3 Å². The predicted molar refractivity (Wildman–Crippen MR) is 123 cm³/mol. The van der Waals surface area contributed by atoms with Gasteiger partial charge in [-0.3, -0.25) is 4.79 Å². The van der Waals surface area contributed by atoms with E-state index in [9.17, 15) is 4.79 Å². The molecule has 0 N–H and O–H groups in total. The fraction of sp³-hybridized carbons (Fsp3) is 0.880. The first-order valence-corrected chi connectivity index (χ1v) is 13.7. The summed E-state index contributed by atoms with van der Waals surface area (Å²) in [5, 5.41) is 0. The van der Waals surface area contributed by atoms with Gasteiger partial charge < -0.3 is 9.47 Å². The van der Waals surface area contributed by atoms with Crippen LogP contribution in [0.3, 0.4) is 0 Å². The summed E-state index contributed by atoms with van der Waals surface area (Å²) in [4.78, 5) is 13.3. The van der Waals surface area contributed by atoms with Crippen molar-refractivity contribution in [3.8, 4) is 0 Å². The fourth-order valence-corrected chi connectivity index (χ4v) is 9.21. The van der Waals surface area contributed by atoms with Crippen LogP contribution in [-0.4, -0.2) is 29.2 Å². The van der Waals surface area contributed by atoms with Crippen LogP contribution in [0.15, 0.2) is 11.6 Å². The average molecular weight is 512 g/mol. The van der Waals surface area contributed by atoms with Crippen LogP contribution in [0.25, 0.3) is 0 Å². The van der Waals surface area contributed by atoms with Crippen LogP contribution in [0.4, 0.5) is 0 Å². The highest BCUT2D eigenvalue weighted by Crippen LogP contribution is 2.63. The van der Waals surface area contributed by atoms with Crippen LogP contribution in [-0.2, 0) is 14.3 Å². The van der Waals surface area contributed by atoms with E-state index < -0.39 is 5.79 Å². The summed E-state index contributed by atoms with van der Waals surface area (Å²) in [6.07, 6.45) is 15.2. The van der Waals surface area contributed by atoms with Gasteiger partial charge in [0.2, 0.25) is 0 Å². The lowest BCUT2D eigenvalue weighted by molar-refractivity contribution is -0.149. The number of carbonyl (C=O) groups excluding carboxylic acids is 1. The smallest absolute Gasteiger partial charge is 0.188 e. The Bertz CT molecular complexity index is 667. The molecule has 0 radical (unpaired) electrons. The molecule has 1 aliphatic heterocycles. The number of ether oxygens (including phenoxy) is 2. The van der Waals surface area contributed by atoms with Gasteiger partial charge in [0.05, 0.1) is 13.2 Å². The molecule has 6 atom stereocenters. The number of halogens is 1. The Balaban J connectivity index is 1.50. The molecule has 5 rings (SSSR count). The van der Waals surface area contributed by atoms with Gasteiger partial charge in [-0.2, -0.15) is 0 Å². The molecule has 3 saturated carbocycles. The number of Topliss-reactive ketones (excluding diaryl/α,β-unsaturated/α-hetero) is 1. The first kappa shape index (κ1) is 20.9. The maximum absolute atomic E-state index is 13.3. The normalized spacial score (nSPS) is 43.9. The van der Waals surface area contributed by atoms with Crippen LogP contribution in [0, 0.1) is 35.0 Å². The van der Waals surface area contributed by atoms with E-state index in [-0.39, 0.29) is 5.41 Å². The summed E-state index contributed by atoms with van der Waals surface area (Å²) in [7, 11) is 0. The third-order valence-electron chi connectivity index (χ3n) is 9.39. The second-order valence-corrected chi connectivity index (χ2v) is 11.5. The van der Waals surface area contributed by atoms with Crippen molar-refractivity contribution in [3.63, 3.8) is 0 Å². The molecule has 0 aromatic rings. The maximum atomic E-state index is 13.3. The minimum absolute atomic E-state index is 0.0128. The van der Waals surface area contributed by atoms with Gasteiger partial charge >= 0.3 is 0 Å². The Kier molecular flexibility index (Phi) is 5.92. The Morgan fingerprint density at radius 3 is 2.72 bits per heavy atom. The topological polar surface area (TPSA) is 35.5 Å². The molecule has 0 aromatic heterocycles. The minimum Gasteiger partial charge on any atom is -0.344 e. The molecule has 0 bridgehead atoms. The summed E-state index contributed by atoms with van der Waals surface area (Å²) < 4.78 is 13.4. The number of alkyl halides is 1. The average Bonchev–Trinajstić information content (AvgIpc) is 3.09. The second kappa shape index (κ2) is 8.20. The molecule has 5 aliphatic rings. The van der Waals surface area contributed by atoms with Gasteiger partial charge in [-0.15, -0.1) is 0 Å². The highest BCUT2D eigenvalue weighted by atomic mass is 127. The molecule has 29 heavy (non-hydrogen) atoms. The lowest BCUT2D eigenvalue weighted by Crippen LogP contribution is -2.55. The molecule has 1 spiro atoms. The third kappa shape index (κ3) is 3.38. The number of fused-ring (bicyclic) bond motifs is 5. The summed E-state index contributed by atoms with van der Waals surface area (Å²) in [6.45, 7) is 3.86. The molecular formula is C25H37IO3. The zero-order chi connectivity index (χ0) is 20.1. The lowest BCUT2D eigenvalue weighted by Gasteiger charge is -2.59. The molecule has 4 fully saturated rings. The molecule has 4 heteroatoms. The SMILES string of the molecule is CCC1CC2=CC3(CCCC2C2CC[C@]4(CCI)C(=O)CCCC4C12)OCCO3. The van der Waals surface area contributed by atoms with Crippen LogP contribution >= 0.6 is 22.6 Å². The highest BCUT2D eigenvalue weighted by molar-refractivity contribution is 14.1. The Hall–Kier alpha value is 0.0600. The van der Waals surface area contributed by atoms with Gasteiger partial charge in [-0.25, -0.2) is 0 Å². The fourth-order valence-electron chi connectivity index (χ4n) is 8.25. The van der Waals surface area contributed by atoms with Crippen molar-refractivity contribution >= 4 is 28.4 Å². The van der Waals surface area contributed by atoms with Crippen molar-refractivity contribution in [1.29, 1.82) is 0 Å². The van der Waals surface area contributed by atoms with Gasteiger partial charge in [0.15, 0.2) is 5.79 Å². The summed E-state index contributed by atoms with van der Waals surface area (Å²) >= 11 is 2.51. The lowest BCUT2D eigenvalue weighted by atomic mass is 9.45. The first-order valence-electron chi connectivity index (χ1n) is 12.2. The number of hydrogen-bond acceptors (Lipinski definition) is 3. The van der Waals surface area contributed by atoms with E-state index in [4.69, 9.17) is 9.47 Å². The number of hydrogen-bond donors (Lipinski definition) is 0. The van der Waals surface area contributed by atoms with Crippen LogP contribution in [0.2, 0.25) is 0 Å². The molecular weight excluding hydrogens is 475 g/mol. The van der Waals surface area contributed by atoms with E-state index in [0.717, 1.165) is 67.5 Å². The first-order chi connectivity index (χ1) is 14.1. The number of allylic oxidation sites excluding steroid dienone is 1. The van der Waals surface area contributed by atoms with E-state index in [1.54, 1.807) is 5.57 Å². The van der Waals surface area contributed by atoms with Crippen molar-refractivity contribution in [2.24, 2.45) is 35.0 Å². The van der Waals surface area contributed by atoms with Gasteiger partial charge in [-0.05, 0) is 87.0 Å². The van der Waals surface area contributed by atoms with E-state index >= 15 is 0 Å². The van der Waals surface area contributed by atoms with E-state index in [2.05, 4.69) is 35.6 Å². The monoisotopic (exact) mass is 512 g/mol. The Morgan fingerprint density at radius 2 is 1.97 bits per heavy atom. The van der Waals surface area contributed by atoms with E-state index in [1.807, 2.05) is 0 Å². The molecule has 4 aliphatic carbocycles. The zero-order valence-corrected chi connectivity index (χ0v) is 20.1. The molecule has 3 nitrogen and oxygen atoms in total. The Labute approximate surface area is 189 Å². The molecule has 1 saturated heterocycles. The number of carbonyl (C=O) groups is 1. The maximum Gasteiger partial charge on any atom is 0.188 e. The summed E-state index contributed by atoms with van der Waals surface area (Å²) in [5.41, 5.74) is 1.65. The quantitative estimate of drug-likeness (QED) is 0.261. The molecule has 0 amide bonds. The largest absolute Gasteiger partial charge is 0.344 e. The minimum atomic E-state index is -0.421. The predicted octanol–water partition coefficient (Wildman–Crippen LogP) is 6.09. The summed E-state index contributed by atoms with van der Waals surface area (Å²) in [6, 6.07) is 0. The van der Waals surface area contributed by atoms with E-state index in [0.29, 0.717) is 17.6 Å². The molecule has 1 heterocycles. The molecule has 162 valence electrons. The standard InChI is InChI=1S/C25H37IO3/c1-2-17-15-18-16-25(28-13-14-29-25)9-4-5-19(18)20-8-10-24(11-12-26)21(23(17)20)6-3-7-22(24)27/h16-17,19-21,23H,2-15H2,1H3/t17?,19?,20?,21?,23?,24-/m1/s1. The number of ketones is 1. The van der Waals surface area contributed by atoms with Crippen LogP contribution in [0.1, 0.15) is 77.6 Å². The summed E-state index contributed by atoms with van der Waals surface area (Å²) in [5.74, 6) is 3.79. The van der Waals surface area contributed by atoms with Gasteiger partial charge in [0.1, 0.15) is 5.78 Å². The second-order valence-electron chi connectivity index (χ2n) is 10.4. The van der Waals surface area contributed by atoms with Crippen LogP contribution < -0.4 is 0 Å². The van der Waals surface area contributed by atoms with Crippen molar-refractivity contribution in [3.05, 3.63) is 11.6 Å². The highest BCUT2D eigenvalue weighted by Gasteiger charge is 2.58. The van der Waals surface area contributed by atoms with Gasteiger partial charge in [-0.1, -0.05) is 41.5 Å². The van der Waals surface area contributed by atoms with Crippen LogP contribution in [0.5, 0.6) is 0 Å². The third-order valence-corrected chi connectivity index (χ3v) is 9.93. The number of rotatable bonds is 3. The van der Waals surface area contributed by atoms with E-state index in [1.165, 1.54) is 38.5 Å². The van der Waals surface area contributed by atoms with Crippen molar-refractivity contribution in [2.75, 3.05) is 17.6 Å². The van der Waals surface area contributed by atoms with Crippen molar-refractivity contribution in [1.82, 2.24) is 0 Å². The molecule has 5 unspecified atom stereocenters. The molecule has 0 aromatic carbocycles. The van der Waals surface area contributed by atoms with Gasteiger partial charge in [0, 0.05) is 22.7 Å².